The minimum Gasteiger partial charge on any atom is -0.352 e. The fraction of sp³-hybridized carbons (Fsp3) is 0.259. The van der Waals surface area contributed by atoms with Crippen molar-refractivity contribution in [2.45, 2.75) is 44.3 Å². The van der Waals surface area contributed by atoms with E-state index in [0.29, 0.717) is 10.6 Å². The van der Waals surface area contributed by atoms with E-state index < -0.39 is 34.3 Å². The Labute approximate surface area is 221 Å². The van der Waals surface area contributed by atoms with Gasteiger partial charge in [0.1, 0.15) is 18.4 Å². The van der Waals surface area contributed by atoms with Crippen molar-refractivity contribution in [2.75, 3.05) is 10.8 Å². The quantitative estimate of drug-likeness (QED) is 0.403. The molecule has 3 rings (SSSR count). The van der Waals surface area contributed by atoms with Crippen molar-refractivity contribution in [2.24, 2.45) is 0 Å². The van der Waals surface area contributed by atoms with E-state index in [4.69, 9.17) is 11.6 Å². The van der Waals surface area contributed by atoms with Crippen LogP contribution in [0.15, 0.2) is 83.8 Å². The van der Waals surface area contributed by atoms with E-state index in [0.717, 1.165) is 16.4 Å². The average Bonchev–Trinajstić information content (AvgIpc) is 2.86. The maximum atomic E-state index is 13.7. The summed E-state index contributed by atoms with van der Waals surface area (Å²) in [4.78, 5) is 27.9. The van der Waals surface area contributed by atoms with Gasteiger partial charge in [0.2, 0.25) is 11.8 Å². The van der Waals surface area contributed by atoms with Gasteiger partial charge < -0.3 is 10.2 Å². The molecule has 37 heavy (non-hydrogen) atoms. The highest BCUT2D eigenvalue weighted by Crippen LogP contribution is 2.25. The maximum Gasteiger partial charge on any atom is 0.264 e. The van der Waals surface area contributed by atoms with Gasteiger partial charge in [-0.1, -0.05) is 41.9 Å². The average molecular weight is 546 g/mol. The lowest BCUT2D eigenvalue weighted by Gasteiger charge is -2.32. The van der Waals surface area contributed by atoms with Crippen LogP contribution >= 0.6 is 11.6 Å². The summed E-state index contributed by atoms with van der Waals surface area (Å²) in [7, 11) is -4.20. The van der Waals surface area contributed by atoms with Crippen molar-refractivity contribution in [1.82, 2.24) is 10.2 Å². The highest BCUT2D eigenvalue weighted by Gasteiger charge is 2.32. The highest BCUT2D eigenvalue weighted by molar-refractivity contribution is 7.92. The molecule has 0 aromatic heterocycles. The van der Waals surface area contributed by atoms with E-state index in [9.17, 15) is 22.4 Å². The van der Waals surface area contributed by atoms with Gasteiger partial charge in [-0.25, -0.2) is 12.8 Å². The van der Waals surface area contributed by atoms with E-state index in [-0.39, 0.29) is 29.1 Å². The standard InChI is InChI=1S/C27H29ClFN3O4S/c1-19(2)30-27(34)20(3)31(17-21-8-7-9-22(28)16-21)26(33)18-32(24-14-12-23(29)13-15-24)37(35,36)25-10-5-4-6-11-25/h4-16,19-20H,17-18H2,1-3H3,(H,30,34)/t20-/m1/s1. The summed E-state index contributed by atoms with van der Waals surface area (Å²) in [6.07, 6.45) is 0. The van der Waals surface area contributed by atoms with Gasteiger partial charge >= 0.3 is 0 Å². The number of nitrogens with one attached hydrogen (secondary N) is 1. The fourth-order valence-corrected chi connectivity index (χ4v) is 5.32. The molecule has 3 aromatic carbocycles. The summed E-state index contributed by atoms with van der Waals surface area (Å²) < 4.78 is 41.7. The van der Waals surface area contributed by atoms with Crippen molar-refractivity contribution >= 4 is 39.1 Å². The first-order chi connectivity index (χ1) is 17.5. The molecule has 10 heteroatoms. The second-order valence-electron chi connectivity index (χ2n) is 8.79. The Hall–Kier alpha value is -3.43. The molecule has 0 bridgehead atoms. The Kier molecular flexibility index (Phi) is 9.29. The van der Waals surface area contributed by atoms with Gasteiger partial charge in [-0.3, -0.25) is 13.9 Å². The number of sulfonamides is 1. The number of benzene rings is 3. The summed E-state index contributed by atoms with van der Waals surface area (Å²) in [5.41, 5.74) is 0.782. The fourth-order valence-electron chi connectivity index (χ4n) is 3.68. The van der Waals surface area contributed by atoms with Gasteiger partial charge in [0, 0.05) is 17.6 Å². The number of rotatable bonds is 10. The number of hydrogen-bond donors (Lipinski definition) is 1. The van der Waals surface area contributed by atoms with Gasteiger partial charge in [-0.05, 0) is 74.9 Å². The van der Waals surface area contributed by atoms with Crippen molar-refractivity contribution in [3.8, 4) is 0 Å². The van der Waals surface area contributed by atoms with Crippen molar-refractivity contribution in [3.63, 3.8) is 0 Å². The summed E-state index contributed by atoms with van der Waals surface area (Å²) in [6, 6.07) is 18.2. The molecule has 1 atom stereocenters. The van der Waals surface area contributed by atoms with E-state index in [1.807, 2.05) is 0 Å². The first-order valence-electron chi connectivity index (χ1n) is 11.7. The number of carbonyl (C=O) groups is 2. The third-order valence-corrected chi connectivity index (χ3v) is 7.59. The monoisotopic (exact) mass is 545 g/mol. The van der Waals surface area contributed by atoms with Gasteiger partial charge in [0.15, 0.2) is 0 Å². The summed E-state index contributed by atoms with van der Waals surface area (Å²) >= 11 is 6.12. The Morgan fingerprint density at radius 3 is 2.19 bits per heavy atom. The predicted octanol–water partition coefficient (Wildman–Crippen LogP) is 4.62. The molecule has 3 aromatic rings. The summed E-state index contributed by atoms with van der Waals surface area (Å²) in [6.45, 7) is 4.60. The molecular weight excluding hydrogens is 517 g/mol. The van der Waals surface area contributed by atoms with Gasteiger partial charge in [0.25, 0.3) is 10.0 Å². The van der Waals surface area contributed by atoms with Crippen LogP contribution in [0, 0.1) is 5.82 Å². The summed E-state index contributed by atoms with van der Waals surface area (Å²) in [5, 5.41) is 3.25. The normalized spacial score (nSPS) is 12.2. The zero-order chi connectivity index (χ0) is 27.2. The Morgan fingerprint density at radius 1 is 0.946 bits per heavy atom. The number of halogens is 2. The van der Waals surface area contributed by atoms with Crippen molar-refractivity contribution < 1.29 is 22.4 Å². The second-order valence-corrected chi connectivity index (χ2v) is 11.1. The van der Waals surface area contributed by atoms with Gasteiger partial charge in [-0.2, -0.15) is 0 Å². The van der Waals surface area contributed by atoms with Crippen LogP contribution in [0.25, 0.3) is 0 Å². The maximum absolute atomic E-state index is 13.7. The van der Waals surface area contributed by atoms with Crippen LogP contribution in [0.5, 0.6) is 0 Å². The van der Waals surface area contributed by atoms with Crippen molar-refractivity contribution in [3.05, 3.63) is 95.3 Å². The van der Waals surface area contributed by atoms with Gasteiger partial charge in [0.05, 0.1) is 10.6 Å². The van der Waals surface area contributed by atoms with Crippen molar-refractivity contribution in [1.29, 1.82) is 0 Å². The molecule has 0 radical (unpaired) electrons. The van der Waals surface area contributed by atoms with Crippen LogP contribution in [-0.2, 0) is 26.2 Å². The predicted molar refractivity (Wildman–Crippen MR) is 142 cm³/mol. The molecule has 196 valence electrons. The lowest BCUT2D eigenvalue weighted by Crippen LogP contribution is -2.52. The third-order valence-electron chi connectivity index (χ3n) is 5.56. The Bertz CT molecular complexity index is 1340. The third kappa shape index (κ3) is 7.30. The first kappa shape index (κ1) is 28.1. The molecule has 0 aliphatic rings. The van der Waals surface area contributed by atoms with Crippen LogP contribution in [0.1, 0.15) is 26.3 Å². The van der Waals surface area contributed by atoms with E-state index >= 15 is 0 Å². The smallest absolute Gasteiger partial charge is 0.264 e. The first-order valence-corrected chi connectivity index (χ1v) is 13.5. The van der Waals surface area contributed by atoms with Gasteiger partial charge in [-0.15, -0.1) is 0 Å². The number of carbonyl (C=O) groups excluding carboxylic acids is 2. The Morgan fingerprint density at radius 2 is 1.59 bits per heavy atom. The Balaban J connectivity index is 2.01. The summed E-state index contributed by atoms with van der Waals surface area (Å²) in [5.74, 6) is -1.55. The minimum absolute atomic E-state index is 0.0225. The van der Waals surface area contributed by atoms with Crippen LogP contribution in [0.2, 0.25) is 5.02 Å². The zero-order valence-corrected chi connectivity index (χ0v) is 22.3. The molecular formula is C27H29ClFN3O4S. The number of anilines is 1. The van der Waals surface area contributed by atoms with E-state index in [1.54, 1.807) is 63.2 Å². The lowest BCUT2D eigenvalue weighted by atomic mass is 10.1. The van der Waals surface area contributed by atoms with Crippen LogP contribution in [-0.4, -0.2) is 43.8 Å². The topological polar surface area (TPSA) is 86.8 Å². The molecule has 0 spiro atoms. The highest BCUT2D eigenvalue weighted by atomic mass is 35.5. The molecule has 7 nitrogen and oxygen atoms in total. The second kappa shape index (κ2) is 12.2. The molecule has 0 saturated carbocycles. The number of nitrogens with zero attached hydrogens (tertiary/aromatic N) is 2. The largest absolute Gasteiger partial charge is 0.352 e. The zero-order valence-electron chi connectivity index (χ0n) is 20.8. The van der Waals surface area contributed by atoms with Crippen LogP contribution < -0.4 is 9.62 Å². The molecule has 0 aliphatic carbocycles. The number of hydrogen-bond acceptors (Lipinski definition) is 4. The molecule has 0 heterocycles. The van der Waals surface area contributed by atoms with E-state index in [2.05, 4.69) is 5.32 Å². The molecule has 0 aliphatic heterocycles. The molecule has 0 saturated heterocycles. The lowest BCUT2D eigenvalue weighted by molar-refractivity contribution is -0.139. The number of amides is 2. The van der Waals surface area contributed by atoms with E-state index in [1.165, 1.54) is 29.2 Å². The SMILES string of the molecule is CC(C)NC(=O)[C@@H](C)N(Cc1cccc(Cl)c1)C(=O)CN(c1ccc(F)cc1)S(=O)(=O)c1ccccc1. The molecule has 1 N–H and O–H groups in total. The van der Waals surface area contributed by atoms with Crippen LogP contribution in [0.3, 0.4) is 0 Å². The molecule has 0 unspecified atom stereocenters. The molecule has 2 amide bonds. The molecule has 0 fully saturated rings. The van der Waals surface area contributed by atoms with Crippen LogP contribution in [0.4, 0.5) is 10.1 Å². The minimum atomic E-state index is -4.20.